The maximum absolute atomic E-state index is 2.40. The van der Waals surface area contributed by atoms with Gasteiger partial charge in [0, 0.05) is 7.14 Å². The zero-order valence-corrected chi connectivity index (χ0v) is 19.0. The van der Waals surface area contributed by atoms with Crippen molar-refractivity contribution < 1.29 is 0 Å². The summed E-state index contributed by atoms with van der Waals surface area (Å²) in [6.45, 7) is 0. The van der Waals surface area contributed by atoms with E-state index in [1.165, 1.54) is 40.5 Å². The molecule has 0 bridgehead atoms. The van der Waals surface area contributed by atoms with Crippen LogP contribution in [0.15, 0.2) is 97.1 Å². The normalized spacial score (nSPS) is 10.7. The Bertz CT molecular complexity index is 961. The van der Waals surface area contributed by atoms with Gasteiger partial charge in [-0.05, 0) is 97.1 Å². The second-order valence-electron chi connectivity index (χ2n) is 6.53. The molecule has 2 heteroatoms. The highest BCUT2D eigenvalue weighted by atomic mass is 127. The lowest BCUT2D eigenvalue weighted by molar-refractivity contribution is 1.19. The van der Waals surface area contributed by atoms with Gasteiger partial charge in [0.2, 0.25) is 0 Å². The second kappa shape index (κ2) is 8.57. The zero-order chi connectivity index (χ0) is 18.6. The van der Waals surface area contributed by atoms with Gasteiger partial charge >= 0.3 is 0 Å². The fourth-order valence-electron chi connectivity index (χ4n) is 3.23. The van der Waals surface area contributed by atoms with Crippen LogP contribution in [-0.4, -0.2) is 0 Å². The number of rotatable bonds is 4. The van der Waals surface area contributed by atoms with Crippen LogP contribution in [0.4, 0.5) is 0 Å². The third kappa shape index (κ3) is 4.43. The van der Waals surface area contributed by atoms with Crippen molar-refractivity contribution in [2.24, 2.45) is 0 Å². The molecule has 0 atom stereocenters. The van der Waals surface area contributed by atoms with E-state index in [1.54, 1.807) is 0 Å². The molecule has 4 aromatic carbocycles. The van der Waals surface area contributed by atoms with Gasteiger partial charge in [-0.2, -0.15) is 0 Å². The Morgan fingerprint density at radius 1 is 0.444 bits per heavy atom. The van der Waals surface area contributed by atoms with E-state index >= 15 is 0 Å². The van der Waals surface area contributed by atoms with E-state index in [0.717, 1.165) is 6.42 Å². The summed E-state index contributed by atoms with van der Waals surface area (Å²) in [6.07, 6.45) is 0.957. The molecule has 4 rings (SSSR count). The van der Waals surface area contributed by atoms with Crippen LogP contribution in [0, 0.1) is 7.14 Å². The van der Waals surface area contributed by atoms with Crippen LogP contribution in [0.5, 0.6) is 0 Å². The smallest absolute Gasteiger partial charge is 0.0208 e. The van der Waals surface area contributed by atoms with Crippen molar-refractivity contribution in [1.29, 1.82) is 0 Å². The molecule has 0 spiro atoms. The first-order valence-electron chi connectivity index (χ1n) is 8.88. The topological polar surface area (TPSA) is 0 Å². The number of halogens is 2. The van der Waals surface area contributed by atoms with Crippen LogP contribution in [0.1, 0.15) is 11.1 Å². The lowest BCUT2D eigenvalue weighted by atomic mass is 9.98. The average Bonchev–Trinajstić information content (AvgIpc) is 2.70. The van der Waals surface area contributed by atoms with Crippen molar-refractivity contribution >= 4 is 45.2 Å². The van der Waals surface area contributed by atoms with E-state index in [2.05, 4.69) is 142 Å². The molecule has 0 aromatic heterocycles. The molecule has 0 amide bonds. The van der Waals surface area contributed by atoms with Gasteiger partial charge in [0.15, 0.2) is 0 Å². The number of hydrogen-bond acceptors (Lipinski definition) is 0. The van der Waals surface area contributed by atoms with Crippen LogP contribution in [0.25, 0.3) is 22.3 Å². The van der Waals surface area contributed by atoms with E-state index < -0.39 is 0 Å². The maximum atomic E-state index is 2.40. The lowest BCUT2D eigenvalue weighted by Crippen LogP contribution is -1.90. The van der Waals surface area contributed by atoms with Crippen LogP contribution in [-0.2, 0) is 6.42 Å². The van der Waals surface area contributed by atoms with Gasteiger partial charge in [-0.3, -0.25) is 0 Å². The molecule has 0 N–H and O–H groups in total. The summed E-state index contributed by atoms with van der Waals surface area (Å²) < 4.78 is 2.57. The molecule has 0 saturated carbocycles. The second-order valence-corrected chi connectivity index (χ2v) is 8.85. The molecule has 4 aromatic rings. The third-order valence-corrected chi connectivity index (χ3v) is 6.57. The minimum absolute atomic E-state index is 0.957. The first-order chi connectivity index (χ1) is 13.2. The molecule has 27 heavy (non-hydrogen) atoms. The predicted molar refractivity (Wildman–Crippen MR) is 132 cm³/mol. The third-order valence-electron chi connectivity index (χ3n) is 4.69. The summed E-state index contributed by atoms with van der Waals surface area (Å²) in [5.41, 5.74) is 7.83. The summed E-state index contributed by atoms with van der Waals surface area (Å²) in [5, 5.41) is 0. The number of benzene rings is 4. The zero-order valence-electron chi connectivity index (χ0n) is 14.7. The van der Waals surface area contributed by atoms with Gasteiger partial charge in [-0.15, -0.1) is 0 Å². The Morgan fingerprint density at radius 2 is 0.815 bits per heavy atom. The quantitative estimate of drug-likeness (QED) is 0.219. The monoisotopic (exact) mass is 572 g/mol. The minimum Gasteiger partial charge on any atom is -0.0616 e. The Balaban J connectivity index is 1.51. The Labute approximate surface area is 187 Å². The van der Waals surface area contributed by atoms with E-state index in [9.17, 15) is 0 Å². The molecular weight excluding hydrogens is 554 g/mol. The highest BCUT2D eigenvalue weighted by molar-refractivity contribution is 14.1. The first-order valence-corrected chi connectivity index (χ1v) is 11.0. The van der Waals surface area contributed by atoms with E-state index in [4.69, 9.17) is 0 Å². The van der Waals surface area contributed by atoms with E-state index in [1.807, 2.05) is 0 Å². The van der Waals surface area contributed by atoms with Crippen molar-refractivity contribution in [2.75, 3.05) is 0 Å². The first kappa shape index (κ1) is 18.7. The van der Waals surface area contributed by atoms with Crippen LogP contribution < -0.4 is 0 Å². The van der Waals surface area contributed by atoms with Crippen molar-refractivity contribution in [2.45, 2.75) is 6.42 Å². The highest BCUT2D eigenvalue weighted by Gasteiger charge is 2.04. The fraction of sp³-hybridized carbons (Fsp3) is 0.0400. The molecule has 0 unspecified atom stereocenters. The van der Waals surface area contributed by atoms with Gasteiger partial charge in [-0.1, -0.05) is 84.9 Å². The van der Waals surface area contributed by atoms with Crippen LogP contribution in [0.3, 0.4) is 0 Å². The Morgan fingerprint density at radius 3 is 1.19 bits per heavy atom. The molecule has 0 radical (unpaired) electrons. The Hall–Kier alpha value is -1.66. The summed E-state index contributed by atoms with van der Waals surface area (Å²) in [6, 6.07) is 34.9. The predicted octanol–water partition coefficient (Wildman–Crippen LogP) is 7.82. The standard InChI is InChI=1S/C25H18I2/c26-24-7-3-1-5-22(24)20-13-9-18(10-14-20)17-19-11-15-21(16-12-19)23-6-2-4-8-25(23)27/h1-16H,17H2. The van der Waals surface area contributed by atoms with Crippen LogP contribution >= 0.6 is 45.2 Å². The Kier molecular flexibility index (Phi) is 5.93. The molecule has 0 heterocycles. The van der Waals surface area contributed by atoms with E-state index in [-0.39, 0.29) is 0 Å². The van der Waals surface area contributed by atoms with E-state index in [0.29, 0.717) is 0 Å². The largest absolute Gasteiger partial charge is 0.0616 e. The molecule has 0 saturated heterocycles. The van der Waals surface area contributed by atoms with Gasteiger partial charge in [0.1, 0.15) is 0 Å². The van der Waals surface area contributed by atoms with Gasteiger partial charge in [-0.25, -0.2) is 0 Å². The molecule has 0 aliphatic heterocycles. The molecule has 0 fully saturated rings. The van der Waals surface area contributed by atoms with Crippen molar-refractivity contribution in [3.63, 3.8) is 0 Å². The molecule has 0 aliphatic carbocycles. The summed E-state index contributed by atoms with van der Waals surface area (Å²) in [7, 11) is 0. The maximum Gasteiger partial charge on any atom is 0.0208 e. The average molecular weight is 572 g/mol. The van der Waals surface area contributed by atoms with Crippen molar-refractivity contribution in [1.82, 2.24) is 0 Å². The SMILES string of the molecule is Ic1ccccc1-c1ccc(Cc2ccc(-c3ccccc3I)cc2)cc1. The van der Waals surface area contributed by atoms with Gasteiger partial charge in [0.25, 0.3) is 0 Å². The van der Waals surface area contributed by atoms with Crippen molar-refractivity contribution in [3.05, 3.63) is 115 Å². The highest BCUT2D eigenvalue weighted by Crippen LogP contribution is 2.27. The molecule has 0 aliphatic rings. The molecule has 0 nitrogen and oxygen atoms in total. The molecule has 132 valence electrons. The fourth-order valence-corrected chi connectivity index (χ4v) is 4.63. The minimum atomic E-state index is 0.957. The van der Waals surface area contributed by atoms with Gasteiger partial charge in [0.05, 0.1) is 0 Å². The van der Waals surface area contributed by atoms with Crippen LogP contribution in [0.2, 0.25) is 0 Å². The molecular formula is C25H18I2. The summed E-state index contributed by atoms with van der Waals surface area (Å²) in [5.74, 6) is 0. The van der Waals surface area contributed by atoms with Gasteiger partial charge < -0.3 is 0 Å². The summed E-state index contributed by atoms with van der Waals surface area (Å²) >= 11 is 4.80. The lowest BCUT2D eigenvalue weighted by Gasteiger charge is -2.08. The van der Waals surface area contributed by atoms with Crippen molar-refractivity contribution in [3.8, 4) is 22.3 Å². The number of hydrogen-bond donors (Lipinski definition) is 0. The summed E-state index contributed by atoms with van der Waals surface area (Å²) in [4.78, 5) is 0.